The lowest BCUT2D eigenvalue weighted by Crippen LogP contribution is -2.12. The zero-order valence-electron chi connectivity index (χ0n) is 3.88. The molecule has 0 atom stereocenters. The monoisotopic (exact) mass is 122 g/mol. The predicted molar refractivity (Wildman–Crippen MR) is 25.9 cm³/mol. The maximum Gasteiger partial charge on any atom is 0.507 e. The fraction of sp³-hybridized carbons (Fsp3) is 0.667. The minimum Gasteiger partial charge on any atom is -0.588 e. The Morgan fingerprint density at radius 1 is 2.00 bits per heavy atom. The first-order valence-corrected chi connectivity index (χ1v) is 2.29. The lowest BCUT2D eigenvalue weighted by Gasteiger charge is -1.84. The first-order chi connectivity index (χ1) is 3.35. The predicted octanol–water partition coefficient (Wildman–Crippen LogP) is -1.10. The summed E-state index contributed by atoms with van der Waals surface area (Å²) in [4.78, 5) is 0. The van der Waals surface area contributed by atoms with Crippen molar-refractivity contribution in [2.24, 2.45) is 0 Å². The van der Waals surface area contributed by atoms with E-state index in [4.69, 9.17) is 0 Å². The lowest BCUT2D eigenvalue weighted by atomic mass is 10.8. The van der Waals surface area contributed by atoms with Gasteiger partial charge in [0.25, 0.3) is 0 Å². The lowest BCUT2D eigenvalue weighted by molar-refractivity contribution is -1.05. The van der Waals surface area contributed by atoms with Gasteiger partial charge in [-0.25, -0.2) is 0 Å². The maximum absolute atomic E-state index is 9.38. The van der Waals surface area contributed by atoms with E-state index in [2.05, 4.69) is 21.9 Å². The van der Waals surface area contributed by atoms with Gasteiger partial charge in [-0.15, -0.1) is 0 Å². The molecular weight excluding hydrogens is 116 g/mol. The molecular formula is C3H6O3S. The summed E-state index contributed by atoms with van der Waals surface area (Å²) < 4.78 is 7.77. The highest BCUT2D eigenvalue weighted by Crippen LogP contribution is 1.76. The van der Waals surface area contributed by atoms with Crippen LogP contribution in [0.15, 0.2) is 0 Å². The van der Waals surface area contributed by atoms with Gasteiger partial charge in [0.1, 0.15) is 5.75 Å². The van der Waals surface area contributed by atoms with Gasteiger partial charge >= 0.3 is 5.97 Å². The quantitative estimate of drug-likeness (QED) is 0.158. The molecule has 0 aliphatic rings. The molecule has 42 valence electrons. The van der Waals surface area contributed by atoms with E-state index < -0.39 is 0 Å². The van der Waals surface area contributed by atoms with Crippen LogP contribution in [0.1, 0.15) is 0 Å². The van der Waals surface area contributed by atoms with E-state index in [1.54, 1.807) is 0 Å². The fourth-order valence-electron chi connectivity index (χ4n) is 0.125. The average molecular weight is 122 g/mol. The molecule has 0 aromatic rings. The Labute approximate surface area is 46.9 Å². The van der Waals surface area contributed by atoms with E-state index in [9.17, 15) is 5.26 Å². The van der Waals surface area contributed by atoms with Crippen LogP contribution in [-0.4, -0.2) is 18.8 Å². The second kappa shape index (κ2) is 3.80. The molecule has 0 aromatic heterocycles. The second-order valence-corrected chi connectivity index (χ2v) is 1.13. The van der Waals surface area contributed by atoms with E-state index >= 15 is 0 Å². The van der Waals surface area contributed by atoms with Gasteiger partial charge in [0.2, 0.25) is 0 Å². The molecule has 0 bridgehead atoms. The highest BCUT2D eigenvalue weighted by molar-refractivity contribution is 7.81. The zero-order chi connectivity index (χ0) is 5.70. The summed E-state index contributed by atoms with van der Waals surface area (Å²) in [7, 11) is 1.35. The number of ether oxygens (including phenoxy) is 1. The number of hydrogen-bond donors (Lipinski definition) is 1. The van der Waals surface area contributed by atoms with Crippen molar-refractivity contribution in [3.63, 3.8) is 0 Å². The van der Waals surface area contributed by atoms with Crippen LogP contribution >= 0.6 is 12.6 Å². The van der Waals surface area contributed by atoms with Crippen LogP contribution in [0.3, 0.4) is 0 Å². The van der Waals surface area contributed by atoms with Gasteiger partial charge in [0, 0.05) is 0 Å². The summed E-state index contributed by atoms with van der Waals surface area (Å²) in [6, 6.07) is 0. The number of thiol groups is 1. The molecule has 0 N–H and O–H groups in total. The zero-order valence-corrected chi connectivity index (χ0v) is 4.77. The van der Waals surface area contributed by atoms with E-state index in [-0.39, 0.29) is 11.7 Å². The Kier molecular flexibility index (Phi) is 3.59. The highest BCUT2D eigenvalue weighted by Gasteiger charge is 2.03. The Morgan fingerprint density at radius 3 is 2.57 bits per heavy atom. The van der Waals surface area contributed by atoms with Crippen molar-refractivity contribution in [1.82, 2.24) is 0 Å². The standard InChI is InChI=1S/C3H6O3S/c1-5-3(2-7)6-4/h7H,2H2,1H3. The third kappa shape index (κ3) is 2.33. The van der Waals surface area contributed by atoms with Gasteiger partial charge < -0.3 is 9.99 Å². The van der Waals surface area contributed by atoms with E-state index in [1.807, 2.05) is 0 Å². The first-order valence-electron chi connectivity index (χ1n) is 1.65. The molecule has 0 aliphatic carbocycles. The highest BCUT2D eigenvalue weighted by atomic mass is 32.1. The Hall–Kier alpha value is -0.380. The molecule has 0 amide bonds. The smallest absolute Gasteiger partial charge is 0.507 e. The third-order valence-corrected chi connectivity index (χ3v) is 0.708. The first kappa shape index (κ1) is 6.62. The molecule has 4 heteroatoms. The summed E-state index contributed by atoms with van der Waals surface area (Å²) in [5.74, 6) is 0.198. The van der Waals surface area contributed by atoms with Gasteiger partial charge in [-0.05, 0) is 0 Å². The summed E-state index contributed by atoms with van der Waals surface area (Å²) in [6.07, 6.45) is 0. The van der Waals surface area contributed by atoms with Crippen LogP contribution in [0, 0.1) is 0 Å². The molecule has 0 spiro atoms. The molecule has 3 nitrogen and oxygen atoms in total. The van der Waals surface area contributed by atoms with Crippen molar-refractivity contribution in [3.8, 4) is 0 Å². The number of carbonyl (C=O) groups excluding carboxylic acids is 1. The van der Waals surface area contributed by atoms with Crippen molar-refractivity contribution in [2.45, 2.75) is 0 Å². The Bertz CT molecular complexity index is 64.6. The van der Waals surface area contributed by atoms with Crippen molar-refractivity contribution >= 4 is 18.6 Å². The topological polar surface area (TPSA) is 43.6 Å². The van der Waals surface area contributed by atoms with Gasteiger partial charge in [0.05, 0.1) is 0 Å². The molecule has 0 unspecified atom stereocenters. The largest absolute Gasteiger partial charge is 0.588 e. The van der Waals surface area contributed by atoms with E-state index in [1.165, 1.54) is 7.11 Å². The summed E-state index contributed by atoms with van der Waals surface area (Å²) >= 11 is 3.69. The summed E-state index contributed by atoms with van der Waals surface area (Å²) in [5, 5.41) is 9.38. The number of rotatable bonds is 1. The molecule has 0 heterocycles. The molecule has 0 saturated carbocycles. The maximum atomic E-state index is 9.38. The normalized spacial score (nSPS) is 11.4. The minimum absolute atomic E-state index is 0.0108. The van der Waals surface area contributed by atoms with Gasteiger partial charge in [-0.3, -0.25) is 4.58 Å². The van der Waals surface area contributed by atoms with E-state index in [0.29, 0.717) is 0 Å². The SMILES string of the molecule is COC(CS)=[O+][O-]. The van der Waals surface area contributed by atoms with Crippen LogP contribution in [0.4, 0.5) is 0 Å². The molecule has 7 heavy (non-hydrogen) atoms. The van der Waals surface area contributed by atoms with Crippen molar-refractivity contribution in [2.75, 3.05) is 12.9 Å². The number of hydrogen-bond acceptors (Lipinski definition) is 3. The Morgan fingerprint density at radius 2 is 2.57 bits per heavy atom. The van der Waals surface area contributed by atoms with Crippen LogP contribution in [0.25, 0.3) is 0 Å². The van der Waals surface area contributed by atoms with E-state index in [0.717, 1.165) is 0 Å². The van der Waals surface area contributed by atoms with Crippen LogP contribution in [-0.2, 0) is 9.31 Å². The molecule has 0 aromatic carbocycles. The van der Waals surface area contributed by atoms with Crippen LogP contribution in [0.5, 0.6) is 0 Å². The molecule has 0 rings (SSSR count). The third-order valence-electron chi connectivity index (χ3n) is 0.450. The van der Waals surface area contributed by atoms with Crippen molar-refractivity contribution in [3.05, 3.63) is 0 Å². The van der Waals surface area contributed by atoms with Crippen LogP contribution in [0.2, 0.25) is 0 Å². The molecule has 0 saturated heterocycles. The van der Waals surface area contributed by atoms with Crippen molar-refractivity contribution < 1.29 is 14.6 Å². The molecule has 0 radical (unpaired) electrons. The van der Waals surface area contributed by atoms with Gasteiger partial charge in [-0.2, -0.15) is 12.6 Å². The summed E-state index contributed by atoms with van der Waals surface area (Å²) in [6.45, 7) is 0. The van der Waals surface area contributed by atoms with Gasteiger partial charge in [0.15, 0.2) is 7.11 Å². The second-order valence-electron chi connectivity index (χ2n) is 0.818. The molecule has 0 fully saturated rings. The van der Waals surface area contributed by atoms with Gasteiger partial charge in [-0.1, -0.05) is 0 Å². The number of methoxy groups -OCH3 is 1. The minimum atomic E-state index is -0.0108. The van der Waals surface area contributed by atoms with Crippen molar-refractivity contribution in [1.29, 1.82) is 0 Å². The molecule has 0 aliphatic heterocycles. The number of esters is 1. The Balaban J connectivity index is 3.38. The van der Waals surface area contributed by atoms with Crippen LogP contribution < -0.4 is 5.26 Å². The summed E-state index contributed by atoms with van der Waals surface area (Å²) in [5.41, 5.74) is 0. The average Bonchev–Trinajstić information content (AvgIpc) is 1.72. The fourth-order valence-corrected chi connectivity index (χ4v) is 0.307.